The van der Waals surface area contributed by atoms with Crippen molar-refractivity contribution in [3.63, 3.8) is 0 Å². The minimum Gasteiger partial charge on any atom is -0.302 e. The molecule has 3 nitrogen and oxygen atoms in total. The first-order valence-electron chi connectivity index (χ1n) is 6.16. The van der Waals surface area contributed by atoms with Crippen LogP contribution in [0, 0.1) is 17.6 Å². The Hall–Kier alpha value is -1.82. The summed E-state index contributed by atoms with van der Waals surface area (Å²) in [6, 6.07) is 3.20. The predicted octanol–water partition coefficient (Wildman–Crippen LogP) is 4.07. The van der Waals surface area contributed by atoms with Gasteiger partial charge in [-0.25, -0.2) is 13.8 Å². The summed E-state index contributed by atoms with van der Waals surface area (Å²) in [6.45, 7) is 3.88. The largest absolute Gasteiger partial charge is 0.302 e. The maximum Gasteiger partial charge on any atom is 0.226 e. The van der Waals surface area contributed by atoms with Gasteiger partial charge in [0.1, 0.15) is 11.6 Å². The normalized spacial score (nSPS) is 10.8. The summed E-state index contributed by atoms with van der Waals surface area (Å²) in [5.41, 5.74) is 0.400. The van der Waals surface area contributed by atoms with Crippen molar-refractivity contribution in [3.05, 3.63) is 35.2 Å². The zero-order valence-electron chi connectivity index (χ0n) is 11.1. The molecule has 1 heterocycles. The first-order valence-corrected chi connectivity index (χ1v) is 7.04. The molecule has 1 amide bonds. The van der Waals surface area contributed by atoms with Crippen LogP contribution >= 0.6 is 11.3 Å². The van der Waals surface area contributed by atoms with Crippen LogP contribution in [0.3, 0.4) is 0 Å². The van der Waals surface area contributed by atoms with E-state index in [0.717, 1.165) is 18.2 Å². The van der Waals surface area contributed by atoms with Gasteiger partial charge in [-0.3, -0.25) is 4.79 Å². The van der Waals surface area contributed by atoms with Crippen molar-refractivity contribution in [1.82, 2.24) is 4.98 Å². The van der Waals surface area contributed by atoms with E-state index >= 15 is 0 Å². The number of aromatic nitrogens is 1. The molecule has 0 radical (unpaired) electrons. The summed E-state index contributed by atoms with van der Waals surface area (Å²) in [5, 5.41) is 4.62. The molecular formula is C14H14F2N2OS. The Morgan fingerprint density at radius 1 is 1.40 bits per heavy atom. The van der Waals surface area contributed by atoms with E-state index in [2.05, 4.69) is 10.3 Å². The van der Waals surface area contributed by atoms with Gasteiger partial charge in [0.15, 0.2) is 5.13 Å². The van der Waals surface area contributed by atoms with Gasteiger partial charge in [-0.15, -0.1) is 11.3 Å². The first kappa shape index (κ1) is 14.6. The number of hydrogen-bond donors (Lipinski definition) is 1. The molecule has 0 bridgehead atoms. The lowest BCUT2D eigenvalue weighted by Gasteiger charge is -2.03. The van der Waals surface area contributed by atoms with Crippen LogP contribution in [0.25, 0.3) is 11.3 Å². The molecule has 0 aliphatic heterocycles. The number of hydrogen-bond acceptors (Lipinski definition) is 3. The van der Waals surface area contributed by atoms with Gasteiger partial charge in [-0.1, -0.05) is 13.8 Å². The Labute approximate surface area is 119 Å². The van der Waals surface area contributed by atoms with Crippen LogP contribution in [0.15, 0.2) is 23.6 Å². The minimum atomic E-state index is -0.545. The van der Waals surface area contributed by atoms with E-state index in [9.17, 15) is 13.6 Å². The first-order chi connectivity index (χ1) is 9.45. The number of nitrogens with zero attached hydrogens (tertiary/aromatic N) is 1. The quantitative estimate of drug-likeness (QED) is 0.924. The second-order valence-electron chi connectivity index (χ2n) is 4.81. The number of nitrogens with one attached hydrogen (secondary N) is 1. The van der Waals surface area contributed by atoms with Crippen molar-refractivity contribution in [1.29, 1.82) is 0 Å². The lowest BCUT2D eigenvalue weighted by molar-refractivity contribution is -0.116. The lowest BCUT2D eigenvalue weighted by atomic mass is 10.1. The number of thiazole rings is 1. The number of rotatable bonds is 4. The van der Waals surface area contributed by atoms with Crippen molar-refractivity contribution >= 4 is 22.4 Å². The molecule has 0 spiro atoms. The summed E-state index contributed by atoms with van der Waals surface area (Å²) in [4.78, 5) is 15.7. The number of carbonyl (C=O) groups is 1. The van der Waals surface area contributed by atoms with Gasteiger partial charge in [0.25, 0.3) is 0 Å². The van der Waals surface area contributed by atoms with Crippen LogP contribution in [0.1, 0.15) is 20.3 Å². The lowest BCUT2D eigenvalue weighted by Crippen LogP contribution is -2.13. The maximum atomic E-state index is 13.6. The number of carbonyl (C=O) groups excluding carboxylic acids is 1. The molecule has 106 valence electrons. The molecule has 0 aliphatic rings. The third-order valence-corrected chi connectivity index (χ3v) is 3.31. The summed E-state index contributed by atoms with van der Waals surface area (Å²) in [7, 11) is 0. The van der Waals surface area contributed by atoms with Crippen LogP contribution in [-0.4, -0.2) is 10.9 Å². The van der Waals surface area contributed by atoms with Gasteiger partial charge in [-0.2, -0.15) is 0 Å². The van der Waals surface area contributed by atoms with E-state index in [4.69, 9.17) is 0 Å². The van der Waals surface area contributed by atoms with E-state index in [0.29, 0.717) is 17.2 Å². The van der Waals surface area contributed by atoms with Crippen LogP contribution in [0.2, 0.25) is 0 Å². The molecule has 0 unspecified atom stereocenters. The molecule has 1 N–H and O–H groups in total. The molecule has 1 aromatic heterocycles. The summed E-state index contributed by atoms with van der Waals surface area (Å²) in [6.07, 6.45) is 0.392. The van der Waals surface area contributed by atoms with Crippen molar-refractivity contribution in [2.24, 2.45) is 5.92 Å². The zero-order valence-corrected chi connectivity index (χ0v) is 11.9. The molecule has 2 aromatic rings. The van der Waals surface area contributed by atoms with Gasteiger partial charge in [0.2, 0.25) is 5.91 Å². The average Bonchev–Trinajstić information content (AvgIpc) is 2.79. The van der Waals surface area contributed by atoms with E-state index < -0.39 is 11.6 Å². The van der Waals surface area contributed by atoms with Gasteiger partial charge < -0.3 is 5.32 Å². The standard InChI is InChI=1S/C14H14F2N2OS/c1-8(2)5-13(19)18-14-17-12(7-20-14)10-6-9(15)3-4-11(10)16/h3-4,6-8H,5H2,1-2H3,(H,17,18,19). The summed E-state index contributed by atoms with van der Waals surface area (Å²) >= 11 is 1.18. The summed E-state index contributed by atoms with van der Waals surface area (Å²) < 4.78 is 26.7. The number of amides is 1. The molecule has 20 heavy (non-hydrogen) atoms. The van der Waals surface area contributed by atoms with Crippen LogP contribution < -0.4 is 5.32 Å². The monoisotopic (exact) mass is 296 g/mol. The third-order valence-electron chi connectivity index (χ3n) is 2.55. The van der Waals surface area contributed by atoms with Gasteiger partial charge in [-0.05, 0) is 24.1 Å². The summed E-state index contributed by atoms with van der Waals surface area (Å²) in [5.74, 6) is -0.965. The SMILES string of the molecule is CC(C)CC(=O)Nc1nc(-c2cc(F)ccc2F)cs1. The highest BCUT2D eigenvalue weighted by Gasteiger charge is 2.12. The molecule has 0 aliphatic carbocycles. The molecule has 2 rings (SSSR count). The molecule has 0 atom stereocenters. The Balaban J connectivity index is 2.16. The molecule has 0 saturated heterocycles. The average molecular weight is 296 g/mol. The highest BCUT2D eigenvalue weighted by molar-refractivity contribution is 7.14. The highest BCUT2D eigenvalue weighted by atomic mass is 32.1. The van der Waals surface area contributed by atoms with Crippen LogP contribution in [-0.2, 0) is 4.79 Å². The fourth-order valence-electron chi connectivity index (χ4n) is 1.69. The van der Waals surface area contributed by atoms with E-state index in [1.165, 1.54) is 11.3 Å². The van der Waals surface area contributed by atoms with Crippen molar-refractivity contribution in [3.8, 4) is 11.3 Å². The minimum absolute atomic E-state index is 0.0885. The smallest absolute Gasteiger partial charge is 0.226 e. The molecule has 6 heteroatoms. The van der Waals surface area contributed by atoms with E-state index in [1.54, 1.807) is 5.38 Å². The highest BCUT2D eigenvalue weighted by Crippen LogP contribution is 2.27. The van der Waals surface area contributed by atoms with Crippen molar-refractivity contribution < 1.29 is 13.6 Å². The number of anilines is 1. The maximum absolute atomic E-state index is 13.6. The van der Waals surface area contributed by atoms with Crippen molar-refractivity contribution in [2.45, 2.75) is 20.3 Å². The van der Waals surface area contributed by atoms with Crippen LogP contribution in [0.5, 0.6) is 0 Å². The Morgan fingerprint density at radius 2 is 2.15 bits per heavy atom. The van der Waals surface area contributed by atoms with Crippen LogP contribution in [0.4, 0.5) is 13.9 Å². The predicted molar refractivity (Wildman–Crippen MR) is 75.6 cm³/mol. The fraction of sp³-hybridized carbons (Fsp3) is 0.286. The second-order valence-corrected chi connectivity index (χ2v) is 5.67. The number of halogens is 2. The molecule has 0 fully saturated rings. The van der Waals surface area contributed by atoms with E-state index in [-0.39, 0.29) is 17.4 Å². The van der Waals surface area contributed by atoms with Gasteiger partial charge >= 0.3 is 0 Å². The van der Waals surface area contributed by atoms with Gasteiger partial charge in [0, 0.05) is 17.4 Å². The van der Waals surface area contributed by atoms with Crippen molar-refractivity contribution in [2.75, 3.05) is 5.32 Å². The van der Waals surface area contributed by atoms with E-state index in [1.807, 2.05) is 13.8 Å². The molecule has 0 saturated carbocycles. The van der Waals surface area contributed by atoms with Gasteiger partial charge in [0.05, 0.1) is 5.69 Å². The zero-order chi connectivity index (χ0) is 14.7. The topological polar surface area (TPSA) is 42.0 Å². The fourth-order valence-corrected chi connectivity index (χ4v) is 2.42. The third kappa shape index (κ3) is 3.60. The molecular weight excluding hydrogens is 282 g/mol. The molecule has 1 aromatic carbocycles. The second kappa shape index (κ2) is 6.09. The Morgan fingerprint density at radius 3 is 2.85 bits per heavy atom. The number of benzene rings is 1. The Bertz CT molecular complexity index is 625. The Kier molecular flexibility index (Phi) is 4.44.